The smallest absolute Gasteiger partial charge is 0.293 e. The maximum atomic E-state index is 11.0. The molecular weight excluding hydrogens is 276 g/mol. The molecule has 1 aromatic rings. The summed E-state index contributed by atoms with van der Waals surface area (Å²) >= 11 is 0. The van der Waals surface area contributed by atoms with Gasteiger partial charge in [-0.2, -0.15) is 0 Å². The summed E-state index contributed by atoms with van der Waals surface area (Å²) in [6, 6.07) is 4.98. The van der Waals surface area contributed by atoms with Gasteiger partial charge in [0.1, 0.15) is 5.69 Å². The quantitative estimate of drug-likeness (QED) is 0.453. The molecule has 1 heterocycles. The Morgan fingerprint density at radius 2 is 2.00 bits per heavy atom. The van der Waals surface area contributed by atoms with Crippen molar-refractivity contribution in [1.29, 1.82) is 0 Å². The summed E-state index contributed by atoms with van der Waals surface area (Å²) in [6.07, 6.45) is 0.0462. The molecule has 116 valence electrons. The maximum Gasteiger partial charge on any atom is 0.293 e. The molecule has 0 spiro atoms. The van der Waals surface area contributed by atoms with Crippen molar-refractivity contribution in [2.45, 2.75) is 18.8 Å². The largest absolute Gasteiger partial charge is 0.377 e. The number of benzene rings is 1. The van der Waals surface area contributed by atoms with E-state index in [9.17, 15) is 10.1 Å². The van der Waals surface area contributed by atoms with Crippen LogP contribution in [0.5, 0.6) is 0 Å². The van der Waals surface area contributed by atoms with E-state index in [4.69, 9.17) is 15.3 Å². The fourth-order valence-electron chi connectivity index (χ4n) is 2.61. The highest BCUT2D eigenvalue weighted by molar-refractivity contribution is 5.61. The van der Waals surface area contributed by atoms with E-state index in [1.54, 1.807) is 20.3 Å². The van der Waals surface area contributed by atoms with E-state index >= 15 is 0 Å². The molecule has 0 bridgehead atoms. The highest BCUT2D eigenvalue weighted by Crippen LogP contribution is 2.26. The van der Waals surface area contributed by atoms with Gasteiger partial charge < -0.3 is 14.9 Å². The summed E-state index contributed by atoms with van der Waals surface area (Å²) in [4.78, 5) is 12.7. The third kappa shape index (κ3) is 3.48. The van der Waals surface area contributed by atoms with E-state index < -0.39 is 4.92 Å². The molecule has 1 saturated heterocycles. The summed E-state index contributed by atoms with van der Waals surface area (Å²) < 4.78 is 10.8. The van der Waals surface area contributed by atoms with Crippen LogP contribution >= 0.6 is 0 Å². The van der Waals surface area contributed by atoms with Gasteiger partial charge in [-0.25, -0.2) is 0 Å². The number of hydrogen-bond donors (Lipinski definition) is 2. The van der Waals surface area contributed by atoms with Crippen molar-refractivity contribution < 1.29 is 14.4 Å². The first kappa shape index (κ1) is 15.6. The molecule has 1 aliphatic heterocycles. The predicted molar refractivity (Wildman–Crippen MR) is 77.8 cm³/mol. The first-order valence-corrected chi connectivity index (χ1v) is 6.61. The number of hydrogen-bond acceptors (Lipinski definition) is 7. The standard InChI is InChI=1S/C13H20N4O4/c1-20-12-7-16(8-13(12)21-2)6-9-3-4-10(15-14)11(5-9)17(18)19/h3-5,12-13,15H,6-8,14H2,1-2H3. The van der Waals surface area contributed by atoms with Crippen LogP contribution in [0.25, 0.3) is 0 Å². The summed E-state index contributed by atoms with van der Waals surface area (Å²) in [6.45, 7) is 2.07. The molecule has 1 fully saturated rings. The summed E-state index contributed by atoms with van der Waals surface area (Å²) in [7, 11) is 3.32. The fourth-order valence-corrected chi connectivity index (χ4v) is 2.61. The molecule has 3 N–H and O–H groups in total. The molecular formula is C13H20N4O4. The van der Waals surface area contributed by atoms with Crippen molar-refractivity contribution in [2.75, 3.05) is 32.7 Å². The van der Waals surface area contributed by atoms with E-state index in [1.807, 2.05) is 6.07 Å². The number of nitrogen functional groups attached to an aromatic ring is 1. The van der Waals surface area contributed by atoms with Crippen molar-refractivity contribution in [2.24, 2.45) is 5.84 Å². The van der Waals surface area contributed by atoms with Crippen LogP contribution in [0.15, 0.2) is 18.2 Å². The van der Waals surface area contributed by atoms with E-state index in [1.165, 1.54) is 6.07 Å². The first-order valence-electron chi connectivity index (χ1n) is 6.61. The Balaban J connectivity index is 2.10. The minimum absolute atomic E-state index is 0.0231. The molecule has 2 unspecified atom stereocenters. The van der Waals surface area contributed by atoms with E-state index in [-0.39, 0.29) is 17.9 Å². The molecule has 0 radical (unpaired) electrons. The van der Waals surface area contributed by atoms with Crippen molar-refractivity contribution in [3.05, 3.63) is 33.9 Å². The average Bonchev–Trinajstić information content (AvgIpc) is 2.89. The van der Waals surface area contributed by atoms with Crippen molar-refractivity contribution in [3.8, 4) is 0 Å². The molecule has 21 heavy (non-hydrogen) atoms. The van der Waals surface area contributed by atoms with Crippen LogP contribution < -0.4 is 11.3 Å². The third-order valence-electron chi connectivity index (χ3n) is 3.72. The Labute approximate surface area is 122 Å². The van der Waals surface area contributed by atoms with Gasteiger partial charge in [0.15, 0.2) is 0 Å². The predicted octanol–water partition coefficient (Wildman–Crippen LogP) is 0.726. The number of nitro benzene ring substituents is 1. The number of rotatable bonds is 6. The second-order valence-electron chi connectivity index (χ2n) is 5.00. The SMILES string of the molecule is COC1CN(Cc2ccc(NN)c([N+](=O)[O-])c2)CC1OC. The zero-order chi connectivity index (χ0) is 15.4. The number of nitro groups is 1. The second-order valence-corrected chi connectivity index (χ2v) is 5.00. The molecule has 8 nitrogen and oxygen atoms in total. The van der Waals surface area contributed by atoms with Gasteiger partial charge in [0.25, 0.3) is 5.69 Å². The molecule has 1 aromatic carbocycles. The highest BCUT2D eigenvalue weighted by atomic mass is 16.6. The van der Waals surface area contributed by atoms with Crippen LogP contribution in [-0.2, 0) is 16.0 Å². The van der Waals surface area contributed by atoms with E-state index in [0.29, 0.717) is 12.2 Å². The first-order chi connectivity index (χ1) is 10.1. The van der Waals surface area contributed by atoms with Gasteiger partial charge in [0.05, 0.1) is 17.1 Å². The minimum Gasteiger partial charge on any atom is -0.377 e. The zero-order valence-corrected chi connectivity index (χ0v) is 12.1. The maximum absolute atomic E-state index is 11.0. The van der Waals surface area contributed by atoms with Crippen LogP contribution in [0.4, 0.5) is 11.4 Å². The minimum atomic E-state index is -0.446. The van der Waals surface area contributed by atoms with Crippen molar-refractivity contribution in [3.63, 3.8) is 0 Å². The summed E-state index contributed by atoms with van der Waals surface area (Å²) in [5, 5.41) is 11.0. The van der Waals surface area contributed by atoms with Gasteiger partial charge in [0, 0.05) is 39.9 Å². The molecule has 2 rings (SSSR count). The van der Waals surface area contributed by atoms with Crippen LogP contribution in [0.2, 0.25) is 0 Å². The number of anilines is 1. The number of hydrazine groups is 1. The highest BCUT2D eigenvalue weighted by Gasteiger charge is 2.32. The number of nitrogens with two attached hydrogens (primary N) is 1. The monoisotopic (exact) mass is 296 g/mol. The number of methoxy groups -OCH3 is 2. The van der Waals surface area contributed by atoms with Crippen LogP contribution in [0.1, 0.15) is 5.56 Å². The molecule has 0 amide bonds. The van der Waals surface area contributed by atoms with E-state index in [0.717, 1.165) is 18.7 Å². The Kier molecular flexibility index (Phi) is 5.07. The number of nitrogens with zero attached hydrogens (tertiary/aromatic N) is 2. The number of likely N-dealkylation sites (tertiary alicyclic amines) is 1. The topological polar surface area (TPSA) is 103 Å². The third-order valence-corrected chi connectivity index (χ3v) is 3.72. The number of ether oxygens (including phenoxy) is 2. The lowest BCUT2D eigenvalue weighted by atomic mass is 10.1. The molecule has 1 aliphatic rings. The Bertz CT molecular complexity index is 499. The normalized spacial score (nSPS) is 22.4. The lowest BCUT2D eigenvalue weighted by Gasteiger charge is -2.15. The van der Waals surface area contributed by atoms with Crippen LogP contribution in [0, 0.1) is 10.1 Å². The Morgan fingerprint density at radius 3 is 2.48 bits per heavy atom. The summed E-state index contributed by atoms with van der Waals surface area (Å²) in [5.41, 5.74) is 3.46. The van der Waals surface area contributed by atoms with Gasteiger partial charge in [-0.15, -0.1) is 0 Å². The van der Waals surface area contributed by atoms with Gasteiger partial charge in [-0.05, 0) is 11.6 Å². The van der Waals surface area contributed by atoms with Crippen molar-refractivity contribution in [1.82, 2.24) is 4.90 Å². The van der Waals surface area contributed by atoms with Crippen molar-refractivity contribution >= 4 is 11.4 Å². The second kappa shape index (κ2) is 6.81. The van der Waals surface area contributed by atoms with E-state index in [2.05, 4.69) is 10.3 Å². The van der Waals surface area contributed by atoms with Crippen LogP contribution in [0.3, 0.4) is 0 Å². The Morgan fingerprint density at radius 1 is 1.38 bits per heavy atom. The van der Waals surface area contributed by atoms with Gasteiger partial charge in [-0.3, -0.25) is 20.9 Å². The fraction of sp³-hybridized carbons (Fsp3) is 0.538. The lowest BCUT2D eigenvalue weighted by Crippen LogP contribution is -2.27. The van der Waals surface area contributed by atoms with Gasteiger partial charge >= 0.3 is 0 Å². The van der Waals surface area contributed by atoms with Gasteiger partial charge in [0.2, 0.25) is 0 Å². The molecule has 2 atom stereocenters. The molecule has 0 saturated carbocycles. The molecule has 8 heteroatoms. The van der Waals surface area contributed by atoms with Gasteiger partial charge in [-0.1, -0.05) is 6.07 Å². The summed E-state index contributed by atoms with van der Waals surface area (Å²) in [5.74, 6) is 5.28. The zero-order valence-electron chi connectivity index (χ0n) is 12.1. The number of nitrogens with one attached hydrogen (secondary N) is 1. The molecule has 0 aliphatic carbocycles. The average molecular weight is 296 g/mol. The van der Waals surface area contributed by atoms with Crippen LogP contribution in [-0.4, -0.2) is 49.3 Å². The Hall–Kier alpha value is -1.74. The lowest BCUT2D eigenvalue weighted by molar-refractivity contribution is -0.384. The molecule has 0 aromatic heterocycles.